The number of hydrogen-bond acceptors (Lipinski definition) is 3. The number of nitrogens with zero attached hydrogens (tertiary/aromatic N) is 2. The third-order valence-electron chi connectivity index (χ3n) is 5.11. The normalized spacial score (nSPS) is 18.7. The van der Waals surface area contributed by atoms with Crippen LogP contribution in [0.5, 0.6) is 0 Å². The van der Waals surface area contributed by atoms with Gasteiger partial charge in [-0.25, -0.2) is 0 Å². The molecule has 0 saturated carbocycles. The fourth-order valence-corrected chi connectivity index (χ4v) is 3.50. The van der Waals surface area contributed by atoms with Gasteiger partial charge in [0, 0.05) is 26.7 Å². The highest BCUT2D eigenvalue weighted by Gasteiger charge is 2.11. The summed E-state index contributed by atoms with van der Waals surface area (Å²) in [7, 11) is 1.82. The van der Waals surface area contributed by atoms with Crippen LogP contribution in [0.1, 0.15) is 36.8 Å². The smallest absolute Gasteiger partial charge is 0.191 e. The number of guanidine groups is 1. The van der Waals surface area contributed by atoms with Crippen LogP contribution in [-0.2, 0) is 17.8 Å². The van der Waals surface area contributed by atoms with Crippen LogP contribution in [-0.4, -0.2) is 50.8 Å². The van der Waals surface area contributed by atoms with Crippen molar-refractivity contribution in [3.63, 3.8) is 0 Å². The Morgan fingerprint density at radius 2 is 1.88 bits per heavy atom. The molecule has 0 amide bonds. The lowest BCUT2D eigenvalue weighted by Crippen LogP contribution is -2.37. The molecule has 2 N–H and O–H groups in total. The molecule has 26 heavy (non-hydrogen) atoms. The van der Waals surface area contributed by atoms with Crippen LogP contribution in [0.4, 0.5) is 0 Å². The van der Waals surface area contributed by atoms with E-state index in [1.165, 1.54) is 42.6 Å². The molecule has 1 aromatic rings. The van der Waals surface area contributed by atoms with E-state index in [0.29, 0.717) is 0 Å². The lowest BCUT2D eigenvalue weighted by atomic mass is 10.1. The van der Waals surface area contributed by atoms with Gasteiger partial charge in [0.2, 0.25) is 0 Å². The highest BCUT2D eigenvalue weighted by Crippen LogP contribution is 2.13. The molecule has 0 unspecified atom stereocenters. The first-order valence-electron chi connectivity index (χ1n) is 9.84. The van der Waals surface area contributed by atoms with Gasteiger partial charge in [0.15, 0.2) is 5.96 Å². The lowest BCUT2D eigenvalue weighted by molar-refractivity contribution is 0.153. The van der Waals surface area contributed by atoms with Crippen LogP contribution in [0.3, 0.4) is 0 Å². The molecule has 142 valence electrons. The Morgan fingerprint density at radius 3 is 2.58 bits per heavy atom. The fraction of sp³-hybridized carbons (Fsp3) is 0.571. The zero-order valence-electron chi connectivity index (χ0n) is 16.0. The van der Waals surface area contributed by atoms with Crippen LogP contribution in [0.2, 0.25) is 0 Å². The summed E-state index contributed by atoms with van der Waals surface area (Å²) < 4.78 is 5.35. The standard InChI is InChI=1S/C21H32N4O/c1-22-21(23-11-8-18-9-14-26-15-10-18)24-16-19-4-6-20(7-5-19)17-25-12-2-3-13-25/h4-7,9H,2-3,8,10-17H2,1H3,(H2,22,23,24). The van der Waals surface area contributed by atoms with Crippen molar-refractivity contribution in [2.75, 3.05) is 39.9 Å². The molecule has 1 aromatic carbocycles. The SMILES string of the molecule is CN=C(NCCC1=CCOCC1)NCc1ccc(CN2CCCC2)cc1. The molecule has 0 aliphatic carbocycles. The van der Waals surface area contributed by atoms with E-state index in [9.17, 15) is 0 Å². The van der Waals surface area contributed by atoms with Gasteiger partial charge < -0.3 is 15.4 Å². The summed E-state index contributed by atoms with van der Waals surface area (Å²) >= 11 is 0. The fourth-order valence-electron chi connectivity index (χ4n) is 3.50. The third kappa shape index (κ3) is 6.15. The molecule has 2 aliphatic heterocycles. The number of hydrogen-bond donors (Lipinski definition) is 2. The number of aliphatic imine (C=N–C) groups is 1. The molecular weight excluding hydrogens is 324 g/mol. The number of likely N-dealkylation sites (tertiary alicyclic amines) is 1. The van der Waals surface area contributed by atoms with Crippen molar-refractivity contribution in [2.24, 2.45) is 4.99 Å². The van der Waals surface area contributed by atoms with Gasteiger partial charge in [-0.2, -0.15) is 0 Å². The molecule has 2 heterocycles. The molecule has 0 atom stereocenters. The lowest BCUT2D eigenvalue weighted by Gasteiger charge is -2.16. The van der Waals surface area contributed by atoms with Gasteiger partial charge in [0.1, 0.15) is 0 Å². The average molecular weight is 357 g/mol. The van der Waals surface area contributed by atoms with Crippen molar-refractivity contribution in [1.82, 2.24) is 15.5 Å². The van der Waals surface area contributed by atoms with Crippen LogP contribution in [0, 0.1) is 0 Å². The van der Waals surface area contributed by atoms with Gasteiger partial charge in [-0.15, -0.1) is 0 Å². The Hall–Kier alpha value is -1.85. The minimum Gasteiger partial charge on any atom is -0.377 e. The Morgan fingerprint density at radius 1 is 1.12 bits per heavy atom. The Labute approximate surface area is 157 Å². The van der Waals surface area contributed by atoms with E-state index in [-0.39, 0.29) is 0 Å². The van der Waals surface area contributed by atoms with Gasteiger partial charge in [0.05, 0.1) is 13.2 Å². The molecule has 0 aromatic heterocycles. The Balaban J connectivity index is 1.38. The van der Waals surface area contributed by atoms with Crippen LogP contribution < -0.4 is 10.6 Å². The monoisotopic (exact) mass is 356 g/mol. The first kappa shape index (κ1) is 18.9. The van der Waals surface area contributed by atoms with Crippen molar-refractivity contribution < 1.29 is 4.74 Å². The summed E-state index contributed by atoms with van der Waals surface area (Å²) in [6.07, 6.45) is 7.00. The highest BCUT2D eigenvalue weighted by molar-refractivity contribution is 5.79. The van der Waals surface area contributed by atoms with E-state index in [1.807, 2.05) is 7.05 Å². The van der Waals surface area contributed by atoms with E-state index >= 15 is 0 Å². The second kappa shape index (κ2) is 10.3. The molecular formula is C21H32N4O. The molecule has 5 heteroatoms. The minimum atomic E-state index is 0.760. The van der Waals surface area contributed by atoms with Crippen molar-refractivity contribution in [3.8, 4) is 0 Å². The summed E-state index contributed by atoms with van der Waals surface area (Å²) in [4.78, 5) is 6.85. The van der Waals surface area contributed by atoms with Gasteiger partial charge in [0.25, 0.3) is 0 Å². The number of benzene rings is 1. The van der Waals surface area contributed by atoms with E-state index < -0.39 is 0 Å². The molecule has 5 nitrogen and oxygen atoms in total. The van der Waals surface area contributed by atoms with Crippen molar-refractivity contribution in [2.45, 2.75) is 38.8 Å². The van der Waals surface area contributed by atoms with Crippen LogP contribution >= 0.6 is 0 Å². The minimum absolute atomic E-state index is 0.760. The zero-order valence-corrected chi connectivity index (χ0v) is 16.0. The third-order valence-corrected chi connectivity index (χ3v) is 5.11. The molecule has 2 aliphatic rings. The zero-order chi connectivity index (χ0) is 18.0. The van der Waals surface area contributed by atoms with Crippen LogP contribution in [0.15, 0.2) is 40.9 Å². The van der Waals surface area contributed by atoms with Gasteiger partial charge >= 0.3 is 0 Å². The first-order valence-corrected chi connectivity index (χ1v) is 9.84. The number of rotatable bonds is 7. The Bertz CT molecular complexity index is 603. The van der Waals surface area contributed by atoms with E-state index in [2.05, 4.69) is 50.9 Å². The maximum absolute atomic E-state index is 5.35. The van der Waals surface area contributed by atoms with Gasteiger partial charge in [-0.1, -0.05) is 35.9 Å². The predicted molar refractivity (Wildman–Crippen MR) is 107 cm³/mol. The number of nitrogens with one attached hydrogen (secondary N) is 2. The van der Waals surface area contributed by atoms with Crippen molar-refractivity contribution in [1.29, 1.82) is 0 Å². The maximum Gasteiger partial charge on any atom is 0.191 e. The summed E-state index contributed by atoms with van der Waals surface area (Å²) in [5, 5.41) is 6.80. The van der Waals surface area contributed by atoms with Crippen LogP contribution in [0.25, 0.3) is 0 Å². The summed E-state index contributed by atoms with van der Waals surface area (Å²) in [5.41, 5.74) is 4.17. The van der Waals surface area contributed by atoms with Crippen molar-refractivity contribution in [3.05, 3.63) is 47.0 Å². The summed E-state index contributed by atoms with van der Waals surface area (Å²) in [5.74, 6) is 0.860. The Kier molecular flexibility index (Phi) is 7.52. The summed E-state index contributed by atoms with van der Waals surface area (Å²) in [6.45, 7) is 6.88. The average Bonchev–Trinajstić information content (AvgIpc) is 3.19. The first-order chi connectivity index (χ1) is 12.8. The quantitative estimate of drug-likeness (QED) is 0.448. The largest absolute Gasteiger partial charge is 0.377 e. The second-order valence-electron chi connectivity index (χ2n) is 7.09. The molecule has 0 radical (unpaired) electrons. The topological polar surface area (TPSA) is 48.9 Å². The van der Waals surface area contributed by atoms with Gasteiger partial charge in [-0.05, 0) is 49.9 Å². The summed E-state index contributed by atoms with van der Waals surface area (Å²) in [6, 6.07) is 8.95. The molecule has 1 saturated heterocycles. The van der Waals surface area contributed by atoms with Crippen molar-refractivity contribution >= 4 is 5.96 Å². The van der Waals surface area contributed by atoms with E-state index in [4.69, 9.17) is 4.74 Å². The maximum atomic E-state index is 5.35. The number of ether oxygens (including phenoxy) is 1. The molecule has 0 spiro atoms. The molecule has 0 bridgehead atoms. The van der Waals surface area contributed by atoms with E-state index in [0.717, 1.165) is 51.6 Å². The predicted octanol–water partition coefficient (Wildman–Crippen LogP) is 2.68. The van der Waals surface area contributed by atoms with Gasteiger partial charge in [-0.3, -0.25) is 9.89 Å². The second-order valence-corrected chi connectivity index (χ2v) is 7.09. The molecule has 3 rings (SSSR count). The van der Waals surface area contributed by atoms with E-state index in [1.54, 1.807) is 0 Å². The highest BCUT2D eigenvalue weighted by atomic mass is 16.5. The molecule has 1 fully saturated rings.